The van der Waals surface area contributed by atoms with Crippen molar-refractivity contribution < 1.29 is 14.3 Å². The zero-order chi connectivity index (χ0) is 17.6. The number of methoxy groups -OCH3 is 1. The lowest BCUT2D eigenvalue weighted by Crippen LogP contribution is -2.42. The van der Waals surface area contributed by atoms with E-state index in [1.807, 2.05) is 25.1 Å². The zero-order valence-electron chi connectivity index (χ0n) is 15.3. The van der Waals surface area contributed by atoms with Crippen LogP contribution < -0.4 is 15.4 Å². The van der Waals surface area contributed by atoms with E-state index in [0.717, 1.165) is 23.3 Å². The quantitative estimate of drug-likeness (QED) is 0.745. The number of fused-ring (bicyclic) bond motifs is 1. The van der Waals surface area contributed by atoms with E-state index in [2.05, 4.69) is 10.6 Å². The van der Waals surface area contributed by atoms with Gasteiger partial charge in [-0.1, -0.05) is 25.0 Å². The first-order valence-corrected chi connectivity index (χ1v) is 9.42. The highest BCUT2D eigenvalue weighted by Crippen LogP contribution is 2.33. The van der Waals surface area contributed by atoms with Gasteiger partial charge in [0.15, 0.2) is 0 Å². The van der Waals surface area contributed by atoms with Gasteiger partial charge in [0.05, 0.1) is 12.6 Å². The van der Waals surface area contributed by atoms with E-state index >= 15 is 0 Å². The van der Waals surface area contributed by atoms with E-state index < -0.39 is 0 Å². The molecule has 1 saturated heterocycles. The fourth-order valence-electron chi connectivity index (χ4n) is 4.00. The Hall–Kier alpha value is -1.59. The molecule has 0 spiro atoms. The predicted octanol–water partition coefficient (Wildman–Crippen LogP) is 2.56. The smallest absolute Gasteiger partial charge is 0.237 e. The van der Waals surface area contributed by atoms with Gasteiger partial charge >= 0.3 is 0 Å². The molecule has 3 unspecified atom stereocenters. The number of ether oxygens (including phenoxy) is 2. The van der Waals surface area contributed by atoms with E-state index in [-0.39, 0.29) is 11.9 Å². The maximum Gasteiger partial charge on any atom is 0.237 e. The molecule has 138 valence electrons. The van der Waals surface area contributed by atoms with Gasteiger partial charge in [-0.3, -0.25) is 4.79 Å². The summed E-state index contributed by atoms with van der Waals surface area (Å²) in [6, 6.07) is 6.58. The van der Waals surface area contributed by atoms with Crippen LogP contribution in [0.15, 0.2) is 18.2 Å². The van der Waals surface area contributed by atoms with E-state index in [0.29, 0.717) is 31.7 Å². The summed E-state index contributed by atoms with van der Waals surface area (Å²) < 4.78 is 10.8. The monoisotopic (exact) mass is 346 g/mol. The number of rotatable bonds is 7. The summed E-state index contributed by atoms with van der Waals surface area (Å²) in [6.07, 6.45) is 6.04. The highest BCUT2D eigenvalue weighted by molar-refractivity contribution is 5.82. The molecule has 2 N–H and O–H groups in total. The fraction of sp³-hybridized carbons (Fsp3) is 0.650. The summed E-state index contributed by atoms with van der Waals surface area (Å²) in [4.78, 5) is 12.6. The van der Waals surface area contributed by atoms with Crippen LogP contribution in [0.4, 0.5) is 0 Å². The molecule has 0 aromatic heterocycles. The SMILES string of the molecule is COCCOc1cc(C)ccc1CNC(=O)C1CC2CCCCC2N1. The van der Waals surface area contributed by atoms with Crippen molar-refractivity contribution in [2.45, 2.75) is 57.7 Å². The van der Waals surface area contributed by atoms with Crippen molar-refractivity contribution in [3.8, 4) is 5.75 Å². The second kappa shape index (κ2) is 8.68. The number of hydrogen-bond donors (Lipinski definition) is 2. The molecule has 25 heavy (non-hydrogen) atoms. The molecule has 1 heterocycles. The van der Waals surface area contributed by atoms with Crippen LogP contribution in [-0.4, -0.2) is 38.3 Å². The van der Waals surface area contributed by atoms with Gasteiger partial charge in [0.1, 0.15) is 12.4 Å². The van der Waals surface area contributed by atoms with Crippen LogP contribution in [0.2, 0.25) is 0 Å². The minimum Gasteiger partial charge on any atom is -0.491 e. The number of nitrogens with one attached hydrogen (secondary N) is 2. The molecule has 1 amide bonds. The summed E-state index contributed by atoms with van der Waals surface area (Å²) in [7, 11) is 1.66. The van der Waals surface area contributed by atoms with Gasteiger partial charge in [-0.15, -0.1) is 0 Å². The Labute approximate surface area is 150 Å². The highest BCUT2D eigenvalue weighted by Gasteiger charge is 2.38. The Morgan fingerprint density at radius 1 is 1.28 bits per heavy atom. The molecule has 5 heteroatoms. The second-order valence-electron chi connectivity index (χ2n) is 7.28. The zero-order valence-corrected chi connectivity index (χ0v) is 15.3. The van der Waals surface area contributed by atoms with Crippen LogP contribution in [0.1, 0.15) is 43.2 Å². The molecule has 5 nitrogen and oxygen atoms in total. The second-order valence-corrected chi connectivity index (χ2v) is 7.28. The topological polar surface area (TPSA) is 59.6 Å². The van der Waals surface area contributed by atoms with Crippen molar-refractivity contribution in [3.05, 3.63) is 29.3 Å². The maximum absolute atomic E-state index is 12.6. The van der Waals surface area contributed by atoms with E-state index in [4.69, 9.17) is 9.47 Å². The molecule has 0 radical (unpaired) electrons. The summed E-state index contributed by atoms with van der Waals surface area (Å²) in [5, 5.41) is 6.62. The van der Waals surface area contributed by atoms with Gasteiger partial charge in [-0.05, 0) is 43.7 Å². The van der Waals surface area contributed by atoms with Gasteiger partial charge in [0.25, 0.3) is 0 Å². The summed E-state index contributed by atoms with van der Waals surface area (Å²) in [6.45, 7) is 3.59. The Bertz CT molecular complexity index is 576. The lowest BCUT2D eigenvalue weighted by atomic mass is 9.85. The molecule has 1 aromatic carbocycles. The molecular weight excluding hydrogens is 316 g/mol. The Balaban J connectivity index is 1.55. The summed E-state index contributed by atoms with van der Waals surface area (Å²) in [5.74, 6) is 1.61. The van der Waals surface area contributed by atoms with Gasteiger partial charge in [-0.25, -0.2) is 0 Å². The molecule has 1 saturated carbocycles. The first-order chi connectivity index (χ1) is 12.2. The number of aryl methyl sites for hydroxylation is 1. The van der Waals surface area contributed by atoms with Gasteiger partial charge in [-0.2, -0.15) is 0 Å². The van der Waals surface area contributed by atoms with Crippen molar-refractivity contribution in [3.63, 3.8) is 0 Å². The Kier molecular flexibility index (Phi) is 6.32. The van der Waals surface area contributed by atoms with Gasteiger partial charge in [0, 0.05) is 25.3 Å². The highest BCUT2D eigenvalue weighted by atomic mass is 16.5. The number of carbonyl (C=O) groups is 1. The minimum atomic E-state index is -0.0450. The van der Waals surface area contributed by atoms with Crippen LogP contribution >= 0.6 is 0 Å². The van der Waals surface area contributed by atoms with Gasteiger partial charge < -0.3 is 20.1 Å². The number of hydrogen-bond acceptors (Lipinski definition) is 4. The number of amides is 1. The average Bonchev–Trinajstić information content (AvgIpc) is 3.05. The van der Waals surface area contributed by atoms with Crippen molar-refractivity contribution in [1.82, 2.24) is 10.6 Å². The molecular formula is C20H30N2O3. The van der Waals surface area contributed by atoms with E-state index in [9.17, 15) is 4.79 Å². The summed E-state index contributed by atoms with van der Waals surface area (Å²) >= 11 is 0. The molecule has 3 atom stereocenters. The molecule has 3 rings (SSSR count). The summed E-state index contributed by atoms with van der Waals surface area (Å²) in [5.41, 5.74) is 2.15. The molecule has 1 aliphatic carbocycles. The Morgan fingerprint density at radius 3 is 2.92 bits per heavy atom. The van der Waals surface area contributed by atoms with Crippen molar-refractivity contribution >= 4 is 5.91 Å². The van der Waals surface area contributed by atoms with Crippen LogP contribution in [0.5, 0.6) is 5.75 Å². The van der Waals surface area contributed by atoms with Crippen molar-refractivity contribution in [2.24, 2.45) is 5.92 Å². The van der Waals surface area contributed by atoms with Crippen LogP contribution in [0.3, 0.4) is 0 Å². The third kappa shape index (κ3) is 4.73. The van der Waals surface area contributed by atoms with E-state index in [1.165, 1.54) is 25.7 Å². The van der Waals surface area contributed by atoms with Crippen LogP contribution in [-0.2, 0) is 16.1 Å². The van der Waals surface area contributed by atoms with Crippen LogP contribution in [0, 0.1) is 12.8 Å². The molecule has 1 aromatic rings. The standard InChI is InChI=1S/C20H30N2O3/c1-14-7-8-16(19(11-14)25-10-9-24-2)13-21-20(23)18-12-15-5-3-4-6-17(15)22-18/h7-8,11,15,17-18,22H,3-6,9-10,12-13H2,1-2H3,(H,21,23). The molecule has 0 bridgehead atoms. The maximum atomic E-state index is 12.6. The lowest BCUT2D eigenvalue weighted by Gasteiger charge is -2.24. The molecule has 1 aliphatic heterocycles. The first-order valence-electron chi connectivity index (χ1n) is 9.42. The largest absolute Gasteiger partial charge is 0.491 e. The third-order valence-electron chi connectivity index (χ3n) is 5.40. The fourth-order valence-corrected chi connectivity index (χ4v) is 4.00. The van der Waals surface area contributed by atoms with Crippen molar-refractivity contribution in [1.29, 1.82) is 0 Å². The van der Waals surface area contributed by atoms with Gasteiger partial charge in [0.2, 0.25) is 5.91 Å². The van der Waals surface area contributed by atoms with Crippen LogP contribution in [0.25, 0.3) is 0 Å². The average molecular weight is 346 g/mol. The number of benzene rings is 1. The Morgan fingerprint density at radius 2 is 2.12 bits per heavy atom. The molecule has 2 aliphatic rings. The van der Waals surface area contributed by atoms with E-state index in [1.54, 1.807) is 7.11 Å². The van der Waals surface area contributed by atoms with Crippen molar-refractivity contribution in [2.75, 3.05) is 20.3 Å². The predicted molar refractivity (Wildman–Crippen MR) is 97.7 cm³/mol. The first kappa shape index (κ1) is 18.2. The lowest BCUT2D eigenvalue weighted by molar-refractivity contribution is -0.123. The molecule has 2 fully saturated rings. The third-order valence-corrected chi connectivity index (χ3v) is 5.40. The minimum absolute atomic E-state index is 0.0450. The number of carbonyl (C=O) groups excluding carboxylic acids is 1. The normalized spacial score (nSPS) is 25.4.